The molecule has 0 aromatic heterocycles. The van der Waals surface area contributed by atoms with E-state index in [1.54, 1.807) is 0 Å². The molecule has 1 aliphatic rings. The van der Waals surface area contributed by atoms with Crippen molar-refractivity contribution in [3.63, 3.8) is 0 Å². The van der Waals surface area contributed by atoms with Gasteiger partial charge in [0.1, 0.15) is 0 Å². The zero-order valence-corrected chi connectivity index (χ0v) is 11.1. The first-order valence-electron chi connectivity index (χ1n) is 5.63. The van der Waals surface area contributed by atoms with Gasteiger partial charge in [-0.05, 0) is 50.3 Å². The fourth-order valence-corrected chi connectivity index (χ4v) is 3.58. The molecule has 2 atom stereocenters. The monoisotopic (exact) mass is 233 g/mol. The van der Waals surface area contributed by atoms with Gasteiger partial charge in [-0.3, -0.25) is 0 Å². The summed E-state index contributed by atoms with van der Waals surface area (Å²) in [6, 6.07) is 0.850. The van der Waals surface area contributed by atoms with Crippen LogP contribution in [0.2, 0.25) is 0 Å². The molecule has 1 rings (SSSR count). The van der Waals surface area contributed by atoms with Gasteiger partial charge in [0.05, 0.1) is 0 Å². The summed E-state index contributed by atoms with van der Waals surface area (Å²) < 4.78 is 0. The second-order valence-electron chi connectivity index (χ2n) is 4.40. The van der Waals surface area contributed by atoms with Gasteiger partial charge in [-0.15, -0.1) is 0 Å². The number of nitrogens with zero attached hydrogens (tertiary/aromatic N) is 1. The highest BCUT2D eigenvalue weighted by Gasteiger charge is 2.19. The van der Waals surface area contributed by atoms with Crippen LogP contribution in [-0.2, 0) is 0 Å². The third-order valence-electron chi connectivity index (χ3n) is 3.13. The van der Waals surface area contributed by atoms with E-state index < -0.39 is 0 Å². The summed E-state index contributed by atoms with van der Waals surface area (Å²) in [5.41, 5.74) is 0. The van der Waals surface area contributed by atoms with Crippen LogP contribution < -0.4 is 0 Å². The number of rotatable bonds is 6. The maximum absolute atomic E-state index is 4.27. The molecule has 14 heavy (non-hydrogen) atoms. The molecule has 0 N–H and O–H groups in total. The van der Waals surface area contributed by atoms with E-state index in [0.717, 1.165) is 17.7 Å². The van der Waals surface area contributed by atoms with E-state index in [9.17, 15) is 0 Å². The van der Waals surface area contributed by atoms with E-state index in [4.69, 9.17) is 0 Å². The highest BCUT2D eigenvalue weighted by atomic mass is 32.2. The summed E-state index contributed by atoms with van der Waals surface area (Å²) in [5.74, 6) is 4.58. The van der Waals surface area contributed by atoms with Crippen LogP contribution in [-0.4, -0.2) is 41.8 Å². The van der Waals surface area contributed by atoms with Crippen LogP contribution in [0.1, 0.15) is 26.2 Å². The molecule has 1 saturated heterocycles. The highest BCUT2D eigenvalue weighted by Crippen LogP contribution is 2.22. The van der Waals surface area contributed by atoms with Crippen molar-refractivity contribution in [2.75, 3.05) is 30.9 Å². The Kier molecular flexibility index (Phi) is 6.38. The van der Waals surface area contributed by atoms with Crippen molar-refractivity contribution >= 4 is 24.4 Å². The molecule has 0 radical (unpaired) electrons. The van der Waals surface area contributed by atoms with Gasteiger partial charge in [0.2, 0.25) is 0 Å². The summed E-state index contributed by atoms with van der Waals surface area (Å²) in [6.45, 7) is 3.60. The van der Waals surface area contributed by atoms with Gasteiger partial charge in [-0.2, -0.15) is 24.4 Å². The Morgan fingerprint density at radius 2 is 2.29 bits per heavy atom. The Balaban J connectivity index is 2.10. The van der Waals surface area contributed by atoms with Gasteiger partial charge in [-0.25, -0.2) is 0 Å². The Morgan fingerprint density at radius 3 is 2.86 bits per heavy atom. The maximum Gasteiger partial charge on any atom is 0.0191 e. The molecule has 1 heterocycles. The van der Waals surface area contributed by atoms with Gasteiger partial charge < -0.3 is 4.90 Å². The minimum atomic E-state index is 0.837. The smallest absolute Gasteiger partial charge is 0.0191 e. The van der Waals surface area contributed by atoms with Gasteiger partial charge in [-0.1, -0.05) is 6.92 Å². The lowest BCUT2D eigenvalue weighted by atomic mass is 10.0. The number of thiol groups is 1. The first-order chi connectivity index (χ1) is 6.74. The van der Waals surface area contributed by atoms with Crippen LogP contribution in [0, 0.1) is 5.92 Å². The highest BCUT2D eigenvalue weighted by molar-refractivity contribution is 7.99. The van der Waals surface area contributed by atoms with Crippen LogP contribution in [0.25, 0.3) is 0 Å². The molecule has 1 nitrogen and oxygen atoms in total. The molecule has 84 valence electrons. The predicted molar refractivity (Wildman–Crippen MR) is 70.6 cm³/mol. The zero-order valence-electron chi connectivity index (χ0n) is 9.41. The van der Waals surface area contributed by atoms with Crippen molar-refractivity contribution in [2.45, 2.75) is 32.2 Å². The third kappa shape index (κ3) is 4.45. The minimum absolute atomic E-state index is 0.837. The van der Waals surface area contributed by atoms with Crippen LogP contribution in [0.5, 0.6) is 0 Å². The van der Waals surface area contributed by atoms with Crippen molar-refractivity contribution in [3.8, 4) is 0 Å². The quantitative estimate of drug-likeness (QED) is 0.703. The normalized spacial score (nSPS) is 24.4. The number of hydrogen-bond donors (Lipinski definition) is 1. The summed E-state index contributed by atoms with van der Waals surface area (Å²) in [7, 11) is 2.28. The molecule has 0 aliphatic carbocycles. The average molecular weight is 233 g/mol. The fourth-order valence-electron chi connectivity index (χ4n) is 1.84. The second kappa shape index (κ2) is 7.02. The Hall–Kier alpha value is 0.660. The standard InChI is InChI=1S/C11H23NS2/c1-10(4-7-13)3-6-12(2)11-5-8-14-9-11/h10-11,13H,3-9H2,1-2H3. The molecule has 0 spiro atoms. The molecule has 3 heteroatoms. The molecule has 1 aliphatic heterocycles. The molecule has 1 fully saturated rings. The largest absolute Gasteiger partial charge is 0.303 e. The Labute approximate surface area is 98.4 Å². The number of thioether (sulfide) groups is 1. The van der Waals surface area contributed by atoms with E-state index in [2.05, 4.69) is 43.3 Å². The molecular weight excluding hydrogens is 210 g/mol. The Morgan fingerprint density at radius 1 is 1.50 bits per heavy atom. The van der Waals surface area contributed by atoms with Crippen LogP contribution in [0.4, 0.5) is 0 Å². The van der Waals surface area contributed by atoms with Crippen molar-refractivity contribution in [1.82, 2.24) is 4.90 Å². The lowest BCUT2D eigenvalue weighted by molar-refractivity contribution is 0.244. The molecule has 0 bridgehead atoms. The first kappa shape index (κ1) is 12.7. The average Bonchev–Trinajstić information content (AvgIpc) is 2.67. The summed E-state index contributed by atoms with van der Waals surface area (Å²) in [5, 5.41) is 0. The van der Waals surface area contributed by atoms with Gasteiger partial charge >= 0.3 is 0 Å². The van der Waals surface area contributed by atoms with Crippen molar-refractivity contribution < 1.29 is 0 Å². The van der Waals surface area contributed by atoms with Crippen LogP contribution in [0.15, 0.2) is 0 Å². The Bertz CT molecular complexity index is 146. The van der Waals surface area contributed by atoms with Crippen LogP contribution >= 0.6 is 24.4 Å². The first-order valence-corrected chi connectivity index (χ1v) is 7.41. The molecule has 0 saturated carbocycles. The van der Waals surface area contributed by atoms with Crippen LogP contribution in [0.3, 0.4) is 0 Å². The topological polar surface area (TPSA) is 3.24 Å². The summed E-state index contributed by atoms with van der Waals surface area (Å²) >= 11 is 6.38. The van der Waals surface area contributed by atoms with Gasteiger partial charge in [0, 0.05) is 11.8 Å². The molecular formula is C11H23NS2. The zero-order chi connectivity index (χ0) is 10.4. The maximum atomic E-state index is 4.27. The molecule has 0 aromatic carbocycles. The lowest BCUT2D eigenvalue weighted by Crippen LogP contribution is -2.32. The van der Waals surface area contributed by atoms with Crippen molar-refractivity contribution in [3.05, 3.63) is 0 Å². The van der Waals surface area contributed by atoms with E-state index in [0.29, 0.717) is 0 Å². The molecule has 0 aromatic rings. The third-order valence-corrected chi connectivity index (χ3v) is 4.53. The SMILES string of the molecule is CC(CCS)CCN(C)C1CCSC1. The molecule has 0 amide bonds. The summed E-state index contributed by atoms with van der Waals surface area (Å²) in [6.07, 6.45) is 3.98. The van der Waals surface area contributed by atoms with E-state index in [-0.39, 0.29) is 0 Å². The van der Waals surface area contributed by atoms with Gasteiger partial charge in [0.15, 0.2) is 0 Å². The van der Waals surface area contributed by atoms with Gasteiger partial charge in [0.25, 0.3) is 0 Å². The second-order valence-corrected chi connectivity index (χ2v) is 6.00. The lowest BCUT2D eigenvalue weighted by Gasteiger charge is -2.24. The fraction of sp³-hybridized carbons (Fsp3) is 1.00. The van der Waals surface area contributed by atoms with E-state index >= 15 is 0 Å². The van der Waals surface area contributed by atoms with E-state index in [1.807, 2.05) is 0 Å². The van der Waals surface area contributed by atoms with E-state index in [1.165, 1.54) is 37.3 Å². The minimum Gasteiger partial charge on any atom is -0.303 e. The van der Waals surface area contributed by atoms with Crippen molar-refractivity contribution in [2.24, 2.45) is 5.92 Å². The molecule has 2 unspecified atom stereocenters. The number of hydrogen-bond acceptors (Lipinski definition) is 3. The van der Waals surface area contributed by atoms with Crippen molar-refractivity contribution in [1.29, 1.82) is 0 Å². The summed E-state index contributed by atoms with van der Waals surface area (Å²) in [4.78, 5) is 2.55. The predicted octanol–water partition coefficient (Wildman–Crippen LogP) is 2.77.